The Labute approximate surface area is 125 Å². The van der Waals surface area contributed by atoms with Crippen molar-refractivity contribution in [1.82, 2.24) is 5.32 Å². The zero-order valence-corrected chi connectivity index (χ0v) is 12.9. The molecular formula is C17H23NO3. The monoisotopic (exact) mass is 289 g/mol. The summed E-state index contributed by atoms with van der Waals surface area (Å²) < 4.78 is 5.09. The van der Waals surface area contributed by atoms with E-state index in [-0.39, 0.29) is 17.7 Å². The molecule has 0 spiro atoms. The first kappa shape index (κ1) is 15.7. The molecule has 1 aliphatic rings. The van der Waals surface area contributed by atoms with Gasteiger partial charge in [-0.25, -0.2) is 0 Å². The molecule has 0 radical (unpaired) electrons. The maximum absolute atomic E-state index is 12.5. The van der Waals surface area contributed by atoms with Gasteiger partial charge in [0.15, 0.2) is 11.9 Å². The molecule has 3 atom stereocenters. The number of aryl methyl sites for hydroxylation is 2. The maximum atomic E-state index is 12.5. The number of rotatable bonds is 7. The van der Waals surface area contributed by atoms with Gasteiger partial charge < -0.3 is 10.1 Å². The Hall–Kier alpha value is -1.68. The minimum Gasteiger partial charge on any atom is -0.456 e. The number of ketones is 1. The summed E-state index contributed by atoms with van der Waals surface area (Å²) in [6.07, 6.45) is 0.663. The van der Waals surface area contributed by atoms with Crippen LogP contribution in [0, 0.1) is 19.8 Å². The molecule has 1 heterocycles. The van der Waals surface area contributed by atoms with Gasteiger partial charge in [-0.15, -0.1) is 0 Å². The highest BCUT2D eigenvalue weighted by atomic mass is 16.5. The van der Waals surface area contributed by atoms with Crippen LogP contribution in [0.15, 0.2) is 18.2 Å². The Balaban J connectivity index is 2.08. The topological polar surface area (TPSA) is 55.4 Å². The van der Waals surface area contributed by atoms with Crippen molar-refractivity contribution in [3.8, 4) is 0 Å². The first-order valence-corrected chi connectivity index (χ1v) is 7.43. The molecule has 4 heteroatoms. The lowest BCUT2D eigenvalue weighted by atomic mass is 9.85. The third-order valence-electron chi connectivity index (χ3n) is 4.15. The zero-order chi connectivity index (χ0) is 15.4. The molecule has 2 rings (SSSR count). The molecule has 1 N–H and O–H groups in total. The number of benzene rings is 1. The number of carbonyl (C=O) groups excluding carboxylic acids is 2. The van der Waals surface area contributed by atoms with E-state index >= 15 is 0 Å². The highest BCUT2D eigenvalue weighted by molar-refractivity contribution is 5.86. The van der Waals surface area contributed by atoms with Crippen LogP contribution >= 0.6 is 0 Å². The van der Waals surface area contributed by atoms with E-state index in [0.717, 1.165) is 29.7 Å². The van der Waals surface area contributed by atoms with Crippen LogP contribution in [0.3, 0.4) is 0 Å². The maximum Gasteiger partial charge on any atom is 0.293 e. The van der Waals surface area contributed by atoms with Gasteiger partial charge in [0.25, 0.3) is 6.47 Å². The van der Waals surface area contributed by atoms with E-state index < -0.39 is 6.10 Å². The van der Waals surface area contributed by atoms with E-state index in [2.05, 4.69) is 11.4 Å². The van der Waals surface area contributed by atoms with E-state index in [1.165, 1.54) is 0 Å². The van der Waals surface area contributed by atoms with Gasteiger partial charge in [0.1, 0.15) is 0 Å². The molecule has 1 aromatic rings. The Kier molecular flexibility index (Phi) is 5.12. The Morgan fingerprint density at radius 1 is 1.38 bits per heavy atom. The second-order valence-electron chi connectivity index (χ2n) is 6.00. The van der Waals surface area contributed by atoms with Crippen LogP contribution in [0.25, 0.3) is 0 Å². The van der Waals surface area contributed by atoms with Crippen LogP contribution in [0.4, 0.5) is 0 Å². The number of hydrogen-bond donors (Lipinski definition) is 1. The molecule has 0 bridgehead atoms. The number of ether oxygens (including phenoxy) is 1. The summed E-state index contributed by atoms with van der Waals surface area (Å²) in [4.78, 5) is 23.2. The lowest BCUT2D eigenvalue weighted by Crippen LogP contribution is -2.52. The minimum atomic E-state index is -0.666. The third-order valence-corrected chi connectivity index (χ3v) is 4.15. The second kappa shape index (κ2) is 6.85. The number of hydrogen-bond acceptors (Lipinski definition) is 4. The molecule has 0 saturated carbocycles. The fourth-order valence-corrected chi connectivity index (χ4v) is 3.00. The normalized spacial score (nSPS) is 20.2. The summed E-state index contributed by atoms with van der Waals surface area (Å²) in [5.74, 6) is -0.0318. The van der Waals surface area contributed by atoms with E-state index in [0.29, 0.717) is 12.9 Å². The molecule has 1 saturated heterocycles. The predicted octanol–water partition coefficient (Wildman–Crippen LogP) is 1.95. The highest BCUT2D eigenvalue weighted by Crippen LogP contribution is 2.21. The van der Waals surface area contributed by atoms with Crippen molar-refractivity contribution in [2.45, 2.75) is 45.8 Å². The molecule has 0 aliphatic carbocycles. The average molecular weight is 289 g/mol. The van der Waals surface area contributed by atoms with Crippen molar-refractivity contribution >= 4 is 12.3 Å². The summed E-state index contributed by atoms with van der Waals surface area (Å²) in [7, 11) is 0. The van der Waals surface area contributed by atoms with Crippen molar-refractivity contribution in [2.75, 3.05) is 6.54 Å². The van der Waals surface area contributed by atoms with Crippen LogP contribution in [-0.4, -0.2) is 30.9 Å². The molecule has 0 amide bonds. The van der Waals surface area contributed by atoms with Gasteiger partial charge in [-0.3, -0.25) is 9.59 Å². The van der Waals surface area contributed by atoms with E-state index in [1.54, 1.807) is 0 Å². The molecule has 1 aromatic carbocycles. The summed E-state index contributed by atoms with van der Waals surface area (Å²) in [6, 6.07) is 6.36. The van der Waals surface area contributed by atoms with Crippen molar-refractivity contribution in [2.24, 2.45) is 5.92 Å². The van der Waals surface area contributed by atoms with Gasteiger partial charge >= 0.3 is 0 Å². The summed E-state index contributed by atoms with van der Waals surface area (Å²) in [5, 5.41) is 3.27. The third kappa shape index (κ3) is 3.91. The van der Waals surface area contributed by atoms with Crippen LogP contribution in [0.5, 0.6) is 0 Å². The number of nitrogens with one attached hydrogen (secondary N) is 1. The standard InChI is InChI=1S/C17H23NO3/c1-11-6-12(2)8-14(7-11)9-16(20)17(21-10-19)13(3)15-4-5-18-15/h6-8,10,13,15,17-18H,4-5,9H2,1-3H3. The first-order valence-electron chi connectivity index (χ1n) is 7.43. The van der Waals surface area contributed by atoms with Gasteiger partial charge in [0, 0.05) is 18.4 Å². The summed E-state index contributed by atoms with van der Waals surface area (Å²) in [5.41, 5.74) is 3.25. The van der Waals surface area contributed by atoms with Gasteiger partial charge in [-0.05, 0) is 32.4 Å². The lowest BCUT2D eigenvalue weighted by Gasteiger charge is -2.36. The summed E-state index contributed by atoms with van der Waals surface area (Å²) >= 11 is 0. The molecular weight excluding hydrogens is 266 g/mol. The second-order valence-corrected chi connectivity index (χ2v) is 6.00. The van der Waals surface area contributed by atoms with E-state index in [9.17, 15) is 9.59 Å². The van der Waals surface area contributed by atoms with Crippen LogP contribution in [0.2, 0.25) is 0 Å². The van der Waals surface area contributed by atoms with Crippen LogP contribution in [0.1, 0.15) is 30.0 Å². The van der Waals surface area contributed by atoms with Crippen LogP contribution < -0.4 is 5.32 Å². The van der Waals surface area contributed by atoms with Crippen molar-refractivity contribution in [3.05, 3.63) is 34.9 Å². The molecule has 114 valence electrons. The number of Topliss-reactive ketones (excluding diaryl/α,β-unsaturated/α-hetero) is 1. The molecule has 3 unspecified atom stereocenters. The predicted molar refractivity (Wildman–Crippen MR) is 81.1 cm³/mol. The molecule has 1 fully saturated rings. The van der Waals surface area contributed by atoms with E-state index in [1.807, 2.05) is 32.9 Å². The highest BCUT2D eigenvalue weighted by Gasteiger charge is 2.34. The SMILES string of the molecule is Cc1cc(C)cc(CC(=O)C(OC=O)C(C)C2CCN2)c1. The lowest BCUT2D eigenvalue weighted by molar-refractivity contribution is -0.147. The first-order chi connectivity index (χ1) is 10.0. The van der Waals surface area contributed by atoms with Crippen molar-refractivity contribution in [1.29, 1.82) is 0 Å². The van der Waals surface area contributed by atoms with Crippen molar-refractivity contribution < 1.29 is 14.3 Å². The van der Waals surface area contributed by atoms with Gasteiger partial charge in [0.05, 0.1) is 0 Å². The number of carbonyl (C=O) groups is 2. The fraction of sp³-hybridized carbons (Fsp3) is 0.529. The van der Waals surface area contributed by atoms with E-state index in [4.69, 9.17) is 4.74 Å². The Morgan fingerprint density at radius 3 is 2.48 bits per heavy atom. The largest absolute Gasteiger partial charge is 0.456 e. The molecule has 0 aromatic heterocycles. The van der Waals surface area contributed by atoms with Gasteiger partial charge in [-0.2, -0.15) is 0 Å². The minimum absolute atomic E-state index is 0.00218. The Bertz CT molecular complexity index is 503. The molecule has 21 heavy (non-hydrogen) atoms. The van der Waals surface area contributed by atoms with Gasteiger partial charge in [-0.1, -0.05) is 36.2 Å². The summed E-state index contributed by atoms with van der Waals surface area (Å²) in [6.45, 7) is 7.35. The zero-order valence-electron chi connectivity index (χ0n) is 12.9. The molecule has 4 nitrogen and oxygen atoms in total. The Morgan fingerprint density at radius 2 is 2.00 bits per heavy atom. The van der Waals surface area contributed by atoms with Crippen molar-refractivity contribution in [3.63, 3.8) is 0 Å². The smallest absolute Gasteiger partial charge is 0.293 e. The average Bonchev–Trinajstić information content (AvgIpc) is 2.31. The van der Waals surface area contributed by atoms with Gasteiger partial charge in [0.2, 0.25) is 0 Å². The quantitative estimate of drug-likeness (QED) is 0.780. The molecule has 1 aliphatic heterocycles. The van der Waals surface area contributed by atoms with Crippen LogP contribution in [-0.2, 0) is 20.7 Å². The fourth-order valence-electron chi connectivity index (χ4n) is 3.00.